The minimum absolute atomic E-state index is 0.248. The highest BCUT2D eigenvalue weighted by atomic mass is 16.5. The number of hydrogen-bond donors (Lipinski definition) is 1. The Balaban J connectivity index is 1.52. The average Bonchev–Trinajstić information content (AvgIpc) is 3.15. The molecule has 3 fully saturated rings. The van der Waals surface area contributed by atoms with Gasteiger partial charge in [0.2, 0.25) is 0 Å². The highest BCUT2D eigenvalue weighted by Crippen LogP contribution is 2.52. The Morgan fingerprint density at radius 1 is 0.654 bits per heavy atom. The second kappa shape index (κ2) is 27.5. The molecule has 0 aromatic rings. The van der Waals surface area contributed by atoms with Crippen LogP contribution in [0, 0.1) is 23.7 Å². The van der Waals surface area contributed by atoms with Crippen molar-refractivity contribution in [3.8, 4) is 0 Å². The summed E-state index contributed by atoms with van der Waals surface area (Å²) < 4.78 is 7.20. The van der Waals surface area contributed by atoms with Gasteiger partial charge in [-0.3, -0.25) is 4.79 Å². The Kier molecular flexibility index (Phi) is 24.0. The predicted molar refractivity (Wildman–Crippen MR) is 223 cm³/mol. The van der Waals surface area contributed by atoms with E-state index in [4.69, 9.17) is 4.74 Å². The standard InChI is InChI=1S/C47H86N2O3/c1-6-10-14-15-16-17-18-19-20-21-22-23-24-25-26-27-28-39(47(50)51)36-44-42-31-29-40(48(5)33-11-7-2)37-45(42)52-46-38-41(30-32-43(44)46)49(34-12-8-3)35-13-9-4/h26-27,39-43,45-46H,6-25,28-38H2,1-5H3/p+1/b27-26+. The summed E-state index contributed by atoms with van der Waals surface area (Å²) in [4.78, 5) is 18.2. The fraction of sp³-hybridized carbons (Fsp3) is 0.915. The van der Waals surface area contributed by atoms with Crippen LogP contribution < -0.4 is 0 Å². The van der Waals surface area contributed by atoms with Crippen LogP contribution in [-0.2, 0) is 9.53 Å². The van der Waals surface area contributed by atoms with Gasteiger partial charge < -0.3 is 19.6 Å². The van der Waals surface area contributed by atoms with Gasteiger partial charge in [-0.2, -0.15) is 0 Å². The lowest BCUT2D eigenvalue weighted by Gasteiger charge is -2.49. The number of hydrogen-bond acceptors (Lipinski definition) is 4. The van der Waals surface area contributed by atoms with Crippen LogP contribution in [0.3, 0.4) is 0 Å². The maximum Gasteiger partial charge on any atom is 0.311 e. The van der Waals surface area contributed by atoms with Crippen molar-refractivity contribution in [3.05, 3.63) is 18.1 Å². The number of carboxylic acid groups (broad SMARTS) is 1. The maximum absolute atomic E-state index is 12.8. The third-order valence-corrected chi connectivity index (χ3v) is 13.3. The summed E-state index contributed by atoms with van der Waals surface area (Å²) in [7, 11) is 2.32. The molecule has 0 radical (unpaired) electrons. The summed E-state index contributed by atoms with van der Waals surface area (Å²) in [6, 6.07) is 1.19. The molecule has 7 atom stereocenters. The van der Waals surface area contributed by atoms with Gasteiger partial charge in [0.15, 0.2) is 0 Å². The molecule has 1 saturated heterocycles. The fourth-order valence-electron chi connectivity index (χ4n) is 9.90. The number of fused-ring (bicyclic) bond motifs is 2. The van der Waals surface area contributed by atoms with E-state index in [1.54, 1.807) is 5.92 Å². The van der Waals surface area contributed by atoms with Gasteiger partial charge in [0, 0.05) is 12.1 Å². The highest BCUT2D eigenvalue weighted by Gasteiger charge is 2.58. The number of carbonyl (C=O) groups is 1. The zero-order valence-corrected chi connectivity index (χ0v) is 35.3. The highest BCUT2D eigenvalue weighted by molar-refractivity contribution is 5.70. The minimum Gasteiger partial charge on any atom is -0.481 e. The summed E-state index contributed by atoms with van der Waals surface area (Å²) >= 11 is 0. The second-order valence-electron chi connectivity index (χ2n) is 17.5. The molecule has 5 nitrogen and oxygen atoms in total. The van der Waals surface area contributed by atoms with Crippen molar-refractivity contribution in [1.29, 1.82) is 0 Å². The molecular formula is C47H87N2O3+. The van der Waals surface area contributed by atoms with Gasteiger partial charge in [-0.1, -0.05) is 136 Å². The van der Waals surface area contributed by atoms with Gasteiger partial charge in [0.25, 0.3) is 0 Å². The molecule has 0 bridgehead atoms. The Labute approximate surface area is 323 Å². The molecule has 5 heteroatoms. The number of aliphatic carboxylic acids is 1. The molecule has 0 amide bonds. The molecule has 302 valence electrons. The van der Waals surface area contributed by atoms with Crippen molar-refractivity contribution < 1.29 is 14.6 Å². The van der Waals surface area contributed by atoms with Crippen LogP contribution >= 0.6 is 0 Å². The number of carboxylic acids is 1. The number of ether oxygens (including phenoxy) is 1. The van der Waals surface area contributed by atoms with Gasteiger partial charge >= 0.3 is 5.97 Å². The molecule has 3 aliphatic rings. The Morgan fingerprint density at radius 3 is 1.67 bits per heavy atom. The van der Waals surface area contributed by atoms with Crippen LogP contribution in [0.4, 0.5) is 0 Å². The van der Waals surface area contributed by atoms with Gasteiger partial charge in [0.05, 0.1) is 0 Å². The molecule has 3 rings (SSSR count). The van der Waals surface area contributed by atoms with Gasteiger partial charge in [0.1, 0.15) is 42.3 Å². The molecule has 1 aliphatic heterocycles. The SMILES string of the molecule is CCCCCCCCCCCCCCC/C=C/CC(C[C+]1C2CCC(N(C)CCCC)CC2OC2CC(N(CCCC)CCCC)CCC12)C(=O)O. The molecule has 2 aliphatic carbocycles. The molecule has 1 N–H and O–H groups in total. The number of nitrogens with zero attached hydrogens (tertiary/aromatic N) is 2. The molecule has 7 unspecified atom stereocenters. The predicted octanol–water partition coefficient (Wildman–Crippen LogP) is 12.8. The van der Waals surface area contributed by atoms with E-state index in [1.807, 2.05) is 0 Å². The minimum atomic E-state index is -0.607. The van der Waals surface area contributed by atoms with Crippen molar-refractivity contribution in [2.45, 2.75) is 232 Å². The van der Waals surface area contributed by atoms with Crippen molar-refractivity contribution in [1.82, 2.24) is 9.80 Å². The summed E-state index contributed by atoms with van der Waals surface area (Å²) in [6.45, 7) is 12.8. The maximum atomic E-state index is 12.8. The van der Waals surface area contributed by atoms with E-state index >= 15 is 0 Å². The van der Waals surface area contributed by atoms with E-state index in [0.717, 1.165) is 32.1 Å². The average molecular weight is 728 g/mol. The fourth-order valence-corrected chi connectivity index (χ4v) is 9.90. The molecular weight excluding hydrogens is 641 g/mol. The van der Waals surface area contributed by atoms with Crippen molar-refractivity contribution in [3.63, 3.8) is 0 Å². The lowest BCUT2D eigenvalue weighted by molar-refractivity contribution is -0.153. The first kappa shape index (κ1) is 45.4. The third kappa shape index (κ3) is 16.4. The van der Waals surface area contributed by atoms with Crippen molar-refractivity contribution >= 4 is 5.97 Å². The van der Waals surface area contributed by atoms with Crippen LogP contribution in [0.2, 0.25) is 0 Å². The van der Waals surface area contributed by atoms with Crippen LogP contribution in [0.5, 0.6) is 0 Å². The first-order valence-electron chi connectivity index (χ1n) is 23.3. The Morgan fingerprint density at radius 2 is 1.13 bits per heavy atom. The largest absolute Gasteiger partial charge is 0.481 e. The van der Waals surface area contributed by atoms with E-state index in [-0.39, 0.29) is 18.1 Å². The zero-order chi connectivity index (χ0) is 37.4. The second-order valence-corrected chi connectivity index (χ2v) is 17.5. The molecule has 0 aromatic heterocycles. The van der Waals surface area contributed by atoms with Crippen molar-refractivity contribution in [2.24, 2.45) is 17.8 Å². The van der Waals surface area contributed by atoms with Crippen LogP contribution in [-0.4, -0.2) is 71.8 Å². The lowest BCUT2D eigenvalue weighted by atomic mass is 9.61. The molecule has 52 heavy (non-hydrogen) atoms. The van der Waals surface area contributed by atoms with Gasteiger partial charge in [-0.05, 0) is 104 Å². The van der Waals surface area contributed by atoms with E-state index in [0.29, 0.717) is 30.3 Å². The Hall–Kier alpha value is -1.04. The Bertz CT molecular complexity index is 916. The first-order chi connectivity index (χ1) is 25.4. The van der Waals surface area contributed by atoms with Crippen molar-refractivity contribution in [2.75, 3.05) is 26.7 Å². The van der Waals surface area contributed by atoms with Gasteiger partial charge in [-0.25, -0.2) is 0 Å². The van der Waals surface area contributed by atoms with E-state index < -0.39 is 5.97 Å². The van der Waals surface area contributed by atoms with Gasteiger partial charge in [-0.15, -0.1) is 0 Å². The van der Waals surface area contributed by atoms with Crippen LogP contribution in [0.15, 0.2) is 12.2 Å². The smallest absolute Gasteiger partial charge is 0.311 e. The summed E-state index contributed by atoms with van der Waals surface area (Å²) in [5.41, 5.74) is 0. The van der Waals surface area contributed by atoms with E-state index in [1.165, 1.54) is 161 Å². The number of allylic oxidation sites excluding steroid dienone is 2. The molecule has 0 spiro atoms. The number of unbranched alkanes of at least 4 members (excludes halogenated alkanes) is 16. The molecule has 2 saturated carbocycles. The number of rotatable bonds is 30. The molecule has 0 aromatic carbocycles. The normalized spacial score (nSPS) is 25.6. The molecule has 1 heterocycles. The summed E-state index contributed by atoms with van der Waals surface area (Å²) in [6.07, 6.45) is 40.0. The van der Waals surface area contributed by atoms with E-state index in [2.05, 4.69) is 56.7 Å². The van der Waals surface area contributed by atoms with E-state index in [9.17, 15) is 9.90 Å². The van der Waals surface area contributed by atoms with Crippen LogP contribution in [0.1, 0.15) is 207 Å². The lowest BCUT2D eigenvalue weighted by Crippen LogP contribution is -2.56. The zero-order valence-electron chi connectivity index (χ0n) is 35.3. The van der Waals surface area contributed by atoms with Crippen LogP contribution in [0.25, 0.3) is 0 Å². The summed E-state index contributed by atoms with van der Waals surface area (Å²) in [5.74, 6) is 1.53. The third-order valence-electron chi connectivity index (χ3n) is 13.3. The monoisotopic (exact) mass is 728 g/mol. The quantitative estimate of drug-likeness (QED) is 0.0453. The topological polar surface area (TPSA) is 53.0 Å². The summed E-state index contributed by atoms with van der Waals surface area (Å²) in [5, 5.41) is 10.5. The first-order valence-corrected chi connectivity index (χ1v) is 23.3.